The maximum atomic E-state index is 12.0. The molecule has 6 heteroatoms. The van der Waals surface area contributed by atoms with Crippen LogP contribution in [-0.4, -0.2) is 36.0 Å². The van der Waals surface area contributed by atoms with E-state index in [-0.39, 0.29) is 28.9 Å². The molecular weight excluding hydrogens is 289 g/mol. The highest BCUT2D eigenvalue weighted by Gasteiger charge is 2.41. The maximum Gasteiger partial charge on any atom is 0.311 e. The van der Waals surface area contributed by atoms with E-state index < -0.39 is 0 Å². The molecule has 4 nitrogen and oxygen atoms in total. The third-order valence-corrected chi connectivity index (χ3v) is 4.51. The molecule has 1 heterocycles. The molecule has 106 valence electrons. The van der Waals surface area contributed by atoms with Crippen LogP contribution in [0.1, 0.15) is 32.6 Å². The molecule has 0 aromatic heterocycles. The van der Waals surface area contributed by atoms with Crippen LogP contribution in [0.2, 0.25) is 0 Å². The van der Waals surface area contributed by atoms with Crippen molar-refractivity contribution in [2.24, 2.45) is 5.92 Å². The Balaban J connectivity index is 2.13. The lowest BCUT2D eigenvalue weighted by Gasteiger charge is -2.36. The summed E-state index contributed by atoms with van der Waals surface area (Å²) in [6.45, 7) is 2.45. The quantitative estimate of drug-likeness (QED) is 0.753. The summed E-state index contributed by atoms with van der Waals surface area (Å²) in [6, 6.07) is -0.148. The lowest BCUT2D eigenvalue weighted by Crippen LogP contribution is -2.47. The van der Waals surface area contributed by atoms with Gasteiger partial charge in [-0.25, -0.2) is 0 Å². The minimum Gasteiger partial charge on any atom is -0.466 e. The van der Waals surface area contributed by atoms with Gasteiger partial charge in [0.15, 0.2) is 0 Å². The van der Waals surface area contributed by atoms with Crippen LogP contribution in [0.25, 0.3) is 0 Å². The zero-order chi connectivity index (χ0) is 14.0. The van der Waals surface area contributed by atoms with Crippen LogP contribution < -0.4 is 0 Å². The van der Waals surface area contributed by atoms with Gasteiger partial charge in [-0.15, -0.1) is 0 Å². The highest BCUT2D eigenvalue weighted by Crippen LogP contribution is 2.35. The van der Waals surface area contributed by atoms with Gasteiger partial charge in [0.2, 0.25) is 0 Å². The third-order valence-electron chi connectivity index (χ3n) is 3.72. The van der Waals surface area contributed by atoms with Gasteiger partial charge in [-0.3, -0.25) is 9.59 Å². The van der Waals surface area contributed by atoms with Crippen LogP contribution in [0.15, 0.2) is 10.1 Å². The normalized spacial score (nSPS) is 27.9. The van der Waals surface area contributed by atoms with Crippen molar-refractivity contribution in [1.29, 1.82) is 0 Å². The number of nitrogens with zero attached hydrogens (tertiary/aromatic N) is 1. The molecule has 2 aliphatic rings. The topological polar surface area (TPSA) is 46.6 Å². The van der Waals surface area contributed by atoms with Crippen molar-refractivity contribution in [3.63, 3.8) is 0 Å². The summed E-state index contributed by atoms with van der Waals surface area (Å²) in [4.78, 5) is 25.7. The number of hydrogen-bond donors (Lipinski definition) is 0. The van der Waals surface area contributed by atoms with Crippen LogP contribution in [0.5, 0.6) is 0 Å². The van der Waals surface area contributed by atoms with Gasteiger partial charge in [-0.05, 0) is 19.8 Å². The summed E-state index contributed by atoms with van der Waals surface area (Å²) in [7, 11) is 0. The Morgan fingerprint density at radius 3 is 2.63 bits per heavy atom. The zero-order valence-corrected chi connectivity index (χ0v) is 12.3. The summed E-state index contributed by atoms with van der Waals surface area (Å²) < 4.78 is 5.10. The van der Waals surface area contributed by atoms with Gasteiger partial charge in [-0.2, -0.15) is 0 Å². The molecule has 0 aromatic carbocycles. The summed E-state index contributed by atoms with van der Waals surface area (Å²) in [6.07, 6.45) is 3.53. The molecule has 1 amide bonds. The van der Waals surface area contributed by atoms with E-state index in [2.05, 4.69) is 0 Å². The second-order valence-electron chi connectivity index (χ2n) is 4.86. The van der Waals surface area contributed by atoms with Crippen LogP contribution >= 0.6 is 23.2 Å². The number of carbonyl (C=O) groups is 2. The Kier molecular flexibility index (Phi) is 4.74. The Labute approximate surface area is 122 Å². The monoisotopic (exact) mass is 305 g/mol. The van der Waals surface area contributed by atoms with E-state index in [4.69, 9.17) is 27.9 Å². The molecule has 0 bridgehead atoms. The number of halogens is 2. The first-order valence-corrected chi connectivity index (χ1v) is 7.33. The zero-order valence-electron chi connectivity index (χ0n) is 10.8. The molecule has 0 spiro atoms. The van der Waals surface area contributed by atoms with E-state index in [1.54, 1.807) is 11.8 Å². The van der Waals surface area contributed by atoms with Crippen molar-refractivity contribution >= 4 is 35.1 Å². The minimum atomic E-state index is -0.270. The van der Waals surface area contributed by atoms with E-state index in [0.29, 0.717) is 18.2 Å². The van der Waals surface area contributed by atoms with E-state index in [1.807, 2.05) is 0 Å². The van der Waals surface area contributed by atoms with Crippen molar-refractivity contribution in [3.05, 3.63) is 10.1 Å². The molecule has 2 rings (SSSR count). The summed E-state index contributed by atoms with van der Waals surface area (Å²) >= 11 is 11.8. The lowest BCUT2D eigenvalue weighted by molar-refractivity contribution is -0.152. The largest absolute Gasteiger partial charge is 0.466 e. The minimum absolute atomic E-state index is 0.0786. The van der Waals surface area contributed by atoms with Crippen LogP contribution in [0.4, 0.5) is 0 Å². The fourth-order valence-electron chi connectivity index (χ4n) is 2.81. The average molecular weight is 306 g/mol. The Bertz CT molecular complexity index is 422. The maximum absolute atomic E-state index is 12.0. The number of carbonyl (C=O) groups excluding carboxylic acids is 2. The number of amides is 1. The van der Waals surface area contributed by atoms with Gasteiger partial charge in [0.05, 0.1) is 24.1 Å². The molecule has 1 unspecified atom stereocenters. The molecule has 0 saturated heterocycles. The molecular formula is C13H17Cl2NO3. The van der Waals surface area contributed by atoms with Crippen molar-refractivity contribution in [2.45, 2.75) is 38.6 Å². The molecule has 1 saturated carbocycles. The van der Waals surface area contributed by atoms with E-state index >= 15 is 0 Å². The highest BCUT2D eigenvalue weighted by molar-refractivity contribution is 6.49. The predicted octanol–water partition coefficient (Wildman–Crippen LogP) is 2.64. The van der Waals surface area contributed by atoms with Crippen LogP contribution in [-0.2, 0) is 14.3 Å². The molecule has 2 atom stereocenters. The molecule has 1 aliphatic carbocycles. The molecule has 0 aromatic rings. The fraction of sp³-hybridized carbons (Fsp3) is 0.692. The SMILES string of the molecule is CCOC(=O)[C@@H]1CCCCC1N1CC(Cl)=C(Cl)C1=O. The first kappa shape index (κ1) is 14.7. The standard InChI is InChI=1S/C13H17Cl2NO3/c1-2-19-13(18)8-5-3-4-6-10(8)16-7-9(14)11(15)12(16)17/h8,10H,2-7H2,1H3/t8-,10?/m1/s1. The smallest absolute Gasteiger partial charge is 0.311 e. The molecule has 0 N–H and O–H groups in total. The van der Waals surface area contributed by atoms with Gasteiger partial charge >= 0.3 is 5.97 Å². The third kappa shape index (κ3) is 2.90. The molecule has 1 aliphatic heterocycles. The second-order valence-corrected chi connectivity index (χ2v) is 5.70. The van der Waals surface area contributed by atoms with Crippen LogP contribution in [0.3, 0.4) is 0 Å². The number of hydrogen-bond acceptors (Lipinski definition) is 3. The Morgan fingerprint density at radius 2 is 2.05 bits per heavy atom. The summed E-state index contributed by atoms with van der Waals surface area (Å²) in [5.41, 5.74) is 0. The van der Waals surface area contributed by atoms with Gasteiger partial charge in [0.25, 0.3) is 5.91 Å². The van der Waals surface area contributed by atoms with Gasteiger partial charge in [-0.1, -0.05) is 36.0 Å². The van der Waals surface area contributed by atoms with Crippen molar-refractivity contribution in [3.8, 4) is 0 Å². The van der Waals surface area contributed by atoms with E-state index in [1.165, 1.54) is 0 Å². The summed E-state index contributed by atoms with van der Waals surface area (Å²) in [5.74, 6) is -0.753. The van der Waals surface area contributed by atoms with Crippen molar-refractivity contribution in [1.82, 2.24) is 4.90 Å². The number of rotatable bonds is 3. The van der Waals surface area contributed by atoms with Crippen molar-refractivity contribution < 1.29 is 14.3 Å². The average Bonchev–Trinajstić information content (AvgIpc) is 2.67. The predicted molar refractivity (Wildman–Crippen MR) is 72.8 cm³/mol. The van der Waals surface area contributed by atoms with E-state index in [0.717, 1.165) is 25.7 Å². The molecule has 0 radical (unpaired) electrons. The molecule has 19 heavy (non-hydrogen) atoms. The number of ether oxygens (including phenoxy) is 1. The Hall–Kier alpha value is -0.740. The second kappa shape index (κ2) is 6.14. The van der Waals surface area contributed by atoms with Crippen LogP contribution in [0, 0.1) is 5.92 Å². The van der Waals surface area contributed by atoms with Gasteiger partial charge in [0, 0.05) is 6.04 Å². The number of esters is 1. The molecule has 1 fully saturated rings. The highest BCUT2D eigenvalue weighted by atomic mass is 35.5. The van der Waals surface area contributed by atoms with Gasteiger partial charge < -0.3 is 9.64 Å². The first-order valence-electron chi connectivity index (χ1n) is 6.58. The Morgan fingerprint density at radius 1 is 1.37 bits per heavy atom. The summed E-state index contributed by atoms with van der Waals surface area (Å²) in [5, 5.41) is 0.440. The lowest BCUT2D eigenvalue weighted by atomic mass is 9.83. The van der Waals surface area contributed by atoms with Crippen molar-refractivity contribution in [2.75, 3.05) is 13.2 Å². The first-order chi connectivity index (χ1) is 9.06. The fourth-order valence-corrected chi connectivity index (χ4v) is 3.19. The van der Waals surface area contributed by atoms with E-state index in [9.17, 15) is 9.59 Å². The van der Waals surface area contributed by atoms with Gasteiger partial charge in [0.1, 0.15) is 5.03 Å².